The second kappa shape index (κ2) is 6.32. The summed E-state index contributed by atoms with van der Waals surface area (Å²) in [6.07, 6.45) is 3.15. The highest BCUT2D eigenvalue weighted by Gasteiger charge is 2.21. The van der Waals surface area contributed by atoms with Gasteiger partial charge in [0.25, 0.3) is 5.91 Å². The Balaban J connectivity index is 2.19. The number of hydrogen-bond acceptors (Lipinski definition) is 4. The third-order valence-corrected chi connectivity index (χ3v) is 3.14. The molecule has 0 bridgehead atoms. The predicted octanol–water partition coefficient (Wildman–Crippen LogP) is -0.187. The summed E-state index contributed by atoms with van der Waals surface area (Å²) < 4.78 is 0. The summed E-state index contributed by atoms with van der Waals surface area (Å²) in [7, 11) is 2.05. The minimum atomic E-state index is -0.225. The smallest absolute Gasteiger partial charge is 0.255 e. The summed E-state index contributed by atoms with van der Waals surface area (Å²) in [5, 5.41) is 8.74. The summed E-state index contributed by atoms with van der Waals surface area (Å²) in [6.45, 7) is 3.00. The summed E-state index contributed by atoms with van der Waals surface area (Å²) in [6, 6.07) is 1.68. The van der Waals surface area contributed by atoms with Gasteiger partial charge in [-0.3, -0.25) is 9.78 Å². The number of piperazine rings is 1. The summed E-state index contributed by atoms with van der Waals surface area (Å²) >= 11 is 0. The third kappa shape index (κ3) is 3.31. The Morgan fingerprint density at radius 1 is 1.42 bits per heavy atom. The van der Waals surface area contributed by atoms with Crippen LogP contribution >= 0.6 is 0 Å². The van der Waals surface area contributed by atoms with Crippen molar-refractivity contribution in [1.29, 1.82) is 0 Å². The fraction of sp³-hybridized carbons (Fsp3) is 0.429. The van der Waals surface area contributed by atoms with Gasteiger partial charge < -0.3 is 14.9 Å². The Hall–Kier alpha value is -1.90. The van der Waals surface area contributed by atoms with Crippen molar-refractivity contribution in [3.63, 3.8) is 0 Å². The SMILES string of the molecule is CN1CCN(C(=O)c2ccncc2C#CCO)CC1. The first-order valence-corrected chi connectivity index (χ1v) is 6.24. The lowest BCUT2D eigenvalue weighted by atomic mass is 10.1. The van der Waals surface area contributed by atoms with E-state index in [1.165, 1.54) is 0 Å². The van der Waals surface area contributed by atoms with Gasteiger partial charge in [0.1, 0.15) is 6.61 Å². The van der Waals surface area contributed by atoms with Gasteiger partial charge in [0.05, 0.1) is 11.1 Å². The zero-order chi connectivity index (χ0) is 13.7. The molecule has 1 aliphatic heterocycles. The maximum absolute atomic E-state index is 12.4. The molecule has 0 aromatic carbocycles. The number of hydrogen-bond donors (Lipinski definition) is 1. The minimum absolute atomic E-state index is 0.0160. The van der Waals surface area contributed by atoms with Crippen molar-refractivity contribution in [3.05, 3.63) is 29.6 Å². The molecule has 0 saturated carbocycles. The number of aliphatic hydroxyl groups is 1. The molecule has 100 valence electrons. The topological polar surface area (TPSA) is 56.7 Å². The molecule has 0 unspecified atom stereocenters. The van der Waals surface area contributed by atoms with Gasteiger partial charge in [-0.1, -0.05) is 11.8 Å². The van der Waals surface area contributed by atoms with Gasteiger partial charge in [-0.25, -0.2) is 0 Å². The molecular weight excluding hydrogens is 242 g/mol. The lowest BCUT2D eigenvalue weighted by molar-refractivity contribution is 0.0663. The number of carbonyl (C=O) groups is 1. The molecule has 0 spiro atoms. The molecule has 0 aliphatic carbocycles. The van der Waals surface area contributed by atoms with Crippen LogP contribution < -0.4 is 0 Å². The molecule has 1 fully saturated rings. The molecule has 1 N–H and O–H groups in total. The van der Waals surface area contributed by atoms with Crippen LogP contribution in [0.15, 0.2) is 18.5 Å². The number of carbonyl (C=O) groups excluding carboxylic acids is 1. The first-order chi connectivity index (χ1) is 9.22. The molecule has 5 heteroatoms. The maximum atomic E-state index is 12.4. The van der Waals surface area contributed by atoms with Crippen LogP contribution in [0.4, 0.5) is 0 Å². The van der Waals surface area contributed by atoms with Gasteiger partial charge in [-0.2, -0.15) is 0 Å². The molecule has 1 saturated heterocycles. The van der Waals surface area contributed by atoms with Crippen LogP contribution in [0.5, 0.6) is 0 Å². The monoisotopic (exact) mass is 259 g/mol. The van der Waals surface area contributed by atoms with Crippen LogP contribution in [0.3, 0.4) is 0 Å². The number of rotatable bonds is 1. The van der Waals surface area contributed by atoms with E-state index in [0.29, 0.717) is 11.1 Å². The zero-order valence-electron chi connectivity index (χ0n) is 11.0. The lowest BCUT2D eigenvalue weighted by Gasteiger charge is -2.32. The van der Waals surface area contributed by atoms with Crippen molar-refractivity contribution in [3.8, 4) is 11.8 Å². The van der Waals surface area contributed by atoms with E-state index < -0.39 is 0 Å². The average Bonchev–Trinajstić information content (AvgIpc) is 2.45. The van der Waals surface area contributed by atoms with Crippen molar-refractivity contribution in [2.24, 2.45) is 0 Å². The van der Waals surface area contributed by atoms with E-state index in [-0.39, 0.29) is 12.5 Å². The molecule has 0 radical (unpaired) electrons. The molecular formula is C14H17N3O2. The number of nitrogens with zero attached hydrogens (tertiary/aromatic N) is 3. The zero-order valence-corrected chi connectivity index (χ0v) is 11.0. The van der Waals surface area contributed by atoms with Gasteiger partial charge in [0.2, 0.25) is 0 Å². The molecule has 2 rings (SSSR count). The quantitative estimate of drug-likeness (QED) is 0.710. The van der Waals surface area contributed by atoms with Gasteiger partial charge >= 0.3 is 0 Å². The van der Waals surface area contributed by atoms with E-state index in [0.717, 1.165) is 26.2 Å². The minimum Gasteiger partial charge on any atom is -0.384 e. The molecule has 0 atom stereocenters. The summed E-state index contributed by atoms with van der Waals surface area (Å²) in [5.41, 5.74) is 1.13. The lowest BCUT2D eigenvalue weighted by Crippen LogP contribution is -2.47. The maximum Gasteiger partial charge on any atom is 0.255 e. The van der Waals surface area contributed by atoms with E-state index in [1.54, 1.807) is 18.5 Å². The van der Waals surface area contributed by atoms with E-state index in [2.05, 4.69) is 21.7 Å². The van der Waals surface area contributed by atoms with Crippen LogP contribution in [0.25, 0.3) is 0 Å². The Kier molecular flexibility index (Phi) is 4.50. The summed E-state index contributed by atoms with van der Waals surface area (Å²) in [4.78, 5) is 20.4. The second-order valence-electron chi connectivity index (χ2n) is 4.48. The van der Waals surface area contributed by atoms with E-state index in [9.17, 15) is 4.79 Å². The molecule has 5 nitrogen and oxygen atoms in total. The first kappa shape index (κ1) is 13.5. The highest BCUT2D eigenvalue weighted by Crippen LogP contribution is 2.11. The number of aliphatic hydroxyl groups excluding tert-OH is 1. The van der Waals surface area contributed by atoms with Gasteiger partial charge in [0, 0.05) is 38.6 Å². The predicted molar refractivity (Wildman–Crippen MR) is 71.6 cm³/mol. The second-order valence-corrected chi connectivity index (χ2v) is 4.48. The van der Waals surface area contributed by atoms with Crippen LogP contribution in [-0.4, -0.2) is 65.6 Å². The average molecular weight is 259 g/mol. The van der Waals surface area contributed by atoms with Crippen LogP contribution in [-0.2, 0) is 0 Å². The molecule has 1 aromatic heterocycles. The molecule has 19 heavy (non-hydrogen) atoms. The van der Waals surface area contributed by atoms with Crippen molar-refractivity contribution in [2.45, 2.75) is 0 Å². The normalized spacial score (nSPS) is 15.8. The van der Waals surface area contributed by atoms with E-state index >= 15 is 0 Å². The fourth-order valence-corrected chi connectivity index (χ4v) is 2.00. The fourth-order valence-electron chi connectivity index (χ4n) is 2.00. The first-order valence-electron chi connectivity index (χ1n) is 6.24. The Morgan fingerprint density at radius 3 is 2.84 bits per heavy atom. The summed E-state index contributed by atoms with van der Waals surface area (Å²) in [5.74, 6) is 5.31. The van der Waals surface area contributed by atoms with Gasteiger partial charge in [0.15, 0.2) is 0 Å². The Labute approximate surface area is 112 Å². The highest BCUT2D eigenvalue weighted by atomic mass is 16.2. The van der Waals surface area contributed by atoms with Crippen molar-refractivity contribution in [1.82, 2.24) is 14.8 Å². The van der Waals surface area contributed by atoms with Crippen molar-refractivity contribution in [2.75, 3.05) is 39.8 Å². The Bertz CT molecular complexity index is 511. The van der Waals surface area contributed by atoms with Gasteiger partial charge in [-0.05, 0) is 13.1 Å². The number of likely N-dealkylation sites (N-methyl/N-ethyl adjacent to an activating group) is 1. The van der Waals surface area contributed by atoms with Crippen molar-refractivity contribution >= 4 is 5.91 Å². The van der Waals surface area contributed by atoms with Crippen LogP contribution in [0.2, 0.25) is 0 Å². The molecule has 1 aromatic rings. The van der Waals surface area contributed by atoms with Crippen LogP contribution in [0, 0.1) is 11.8 Å². The van der Waals surface area contributed by atoms with Gasteiger partial charge in [-0.15, -0.1) is 0 Å². The van der Waals surface area contributed by atoms with E-state index in [4.69, 9.17) is 5.11 Å². The third-order valence-electron chi connectivity index (χ3n) is 3.14. The molecule has 2 heterocycles. The Morgan fingerprint density at radius 2 is 2.16 bits per heavy atom. The molecule has 1 aliphatic rings. The van der Waals surface area contributed by atoms with Crippen molar-refractivity contribution < 1.29 is 9.90 Å². The van der Waals surface area contributed by atoms with E-state index in [1.807, 2.05) is 11.9 Å². The largest absolute Gasteiger partial charge is 0.384 e. The number of pyridine rings is 1. The van der Waals surface area contributed by atoms with Crippen LogP contribution in [0.1, 0.15) is 15.9 Å². The number of aromatic nitrogens is 1. The standard InChI is InChI=1S/C14H17N3O2/c1-16-6-8-17(9-7-16)14(19)13-4-5-15-11-12(13)3-2-10-18/h4-5,11,18H,6-10H2,1H3. The highest BCUT2D eigenvalue weighted by molar-refractivity contribution is 5.96. The number of amides is 1. The molecule has 1 amide bonds.